The number of ether oxygens (including phenoxy) is 2. The molecule has 0 aliphatic heterocycles. The highest BCUT2D eigenvalue weighted by Crippen LogP contribution is 2.29. The van der Waals surface area contributed by atoms with Crippen LogP contribution < -0.4 is 20.6 Å². The van der Waals surface area contributed by atoms with Crippen LogP contribution in [0.2, 0.25) is 0 Å². The third-order valence-electron chi connectivity index (χ3n) is 3.84. The zero-order valence-electron chi connectivity index (χ0n) is 14.3. The minimum Gasteiger partial charge on any atom is -0.493 e. The van der Waals surface area contributed by atoms with Gasteiger partial charge in [-0.1, -0.05) is 42.5 Å². The first-order valence-corrected chi connectivity index (χ1v) is 8.44. The number of fused-ring (bicyclic) bond motifs is 1. The Morgan fingerprint density at radius 2 is 1.92 bits per heavy atom. The molecule has 0 bridgehead atoms. The first-order chi connectivity index (χ1) is 12.7. The van der Waals surface area contributed by atoms with Gasteiger partial charge in [0, 0.05) is 0 Å². The van der Waals surface area contributed by atoms with Gasteiger partial charge in [-0.05, 0) is 52.3 Å². The molecule has 26 heavy (non-hydrogen) atoms. The summed E-state index contributed by atoms with van der Waals surface area (Å²) in [7, 11) is 1.61. The predicted octanol–water partition coefficient (Wildman–Crippen LogP) is 3.59. The van der Waals surface area contributed by atoms with Crippen molar-refractivity contribution < 1.29 is 9.47 Å². The van der Waals surface area contributed by atoms with Crippen LogP contribution in [0.15, 0.2) is 65.8 Å². The zero-order valence-corrected chi connectivity index (χ0v) is 15.1. The van der Waals surface area contributed by atoms with E-state index in [1.54, 1.807) is 13.3 Å². The van der Waals surface area contributed by atoms with Crippen LogP contribution in [0.3, 0.4) is 0 Å². The van der Waals surface area contributed by atoms with Gasteiger partial charge in [-0.25, -0.2) is 0 Å². The lowest BCUT2D eigenvalue weighted by Crippen LogP contribution is -2.23. The van der Waals surface area contributed by atoms with Gasteiger partial charge >= 0.3 is 0 Å². The van der Waals surface area contributed by atoms with Gasteiger partial charge in [0.1, 0.15) is 6.61 Å². The fourth-order valence-electron chi connectivity index (χ4n) is 2.63. The summed E-state index contributed by atoms with van der Waals surface area (Å²) in [5.74, 6) is 1.30. The maximum absolute atomic E-state index is 5.99. The van der Waals surface area contributed by atoms with E-state index in [0.29, 0.717) is 18.1 Å². The van der Waals surface area contributed by atoms with Crippen molar-refractivity contribution in [2.24, 2.45) is 10.8 Å². The van der Waals surface area contributed by atoms with Gasteiger partial charge in [-0.2, -0.15) is 5.10 Å². The SMILES string of the molecule is COc1cc(/C=N/NC(N)=S)ccc1OCc1cccc2ccccc12. The number of rotatable bonds is 6. The lowest BCUT2D eigenvalue weighted by atomic mass is 10.1. The summed E-state index contributed by atoms with van der Waals surface area (Å²) in [6, 6.07) is 20.0. The number of nitrogens with zero attached hydrogens (tertiary/aromatic N) is 1. The van der Waals surface area contributed by atoms with E-state index in [1.807, 2.05) is 36.4 Å². The van der Waals surface area contributed by atoms with Crippen LogP contribution in [-0.2, 0) is 6.61 Å². The Hall–Kier alpha value is -3.12. The predicted molar refractivity (Wildman–Crippen MR) is 109 cm³/mol. The second kappa shape index (κ2) is 8.31. The number of nitrogens with one attached hydrogen (secondary N) is 1. The molecule has 5 nitrogen and oxygen atoms in total. The highest BCUT2D eigenvalue weighted by Gasteiger charge is 2.07. The Balaban J connectivity index is 1.77. The van der Waals surface area contributed by atoms with Crippen LogP contribution in [-0.4, -0.2) is 18.4 Å². The van der Waals surface area contributed by atoms with Crippen LogP contribution in [0, 0.1) is 0 Å². The molecule has 0 fully saturated rings. The van der Waals surface area contributed by atoms with E-state index in [1.165, 1.54) is 10.8 Å². The van der Waals surface area contributed by atoms with Crippen LogP contribution in [0.5, 0.6) is 11.5 Å². The monoisotopic (exact) mass is 365 g/mol. The highest BCUT2D eigenvalue weighted by atomic mass is 32.1. The first-order valence-electron chi connectivity index (χ1n) is 8.03. The molecule has 0 amide bonds. The van der Waals surface area contributed by atoms with Crippen molar-refractivity contribution in [3.8, 4) is 11.5 Å². The molecule has 0 radical (unpaired) electrons. The van der Waals surface area contributed by atoms with E-state index in [9.17, 15) is 0 Å². The van der Waals surface area contributed by atoms with Crippen molar-refractivity contribution in [1.29, 1.82) is 0 Å². The number of hydrazone groups is 1. The van der Waals surface area contributed by atoms with Crippen molar-refractivity contribution in [2.75, 3.05) is 7.11 Å². The molecule has 0 spiro atoms. The summed E-state index contributed by atoms with van der Waals surface area (Å²) in [5.41, 5.74) is 9.81. The van der Waals surface area contributed by atoms with Gasteiger partial charge in [0.25, 0.3) is 0 Å². The Morgan fingerprint density at radius 3 is 2.73 bits per heavy atom. The third-order valence-corrected chi connectivity index (χ3v) is 3.93. The van der Waals surface area contributed by atoms with Gasteiger partial charge < -0.3 is 15.2 Å². The highest BCUT2D eigenvalue weighted by molar-refractivity contribution is 7.80. The average molecular weight is 365 g/mol. The molecule has 3 aromatic rings. The Morgan fingerprint density at radius 1 is 1.12 bits per heavy atom. The van der Waals surface area contributed by atoms with Crippen molar-refractivity contribution in [3.05, 3.63) is 71.8 Å². The van der Waals surface area contributed by atoms with E-state index in [0.717, 1.165) is 11.1 Å². The number of methoxy groups -OCH3 is 1. The maximum Gasteiger partial charge on any atom is 0.184 e. The molecule has 0 atom stereocenters. The van der Waals surface area contributed by atoms with Gasteiger partial charge in [-0.3, -0.25) is 5.43 Å². The molecular weight excluding hydrogens is 346 g/mol. The molecular formula is C20H19N3O2S. The molecule has 0 heterocycles. The summed E-state index contributed by atoms with van der Waals surface area (Å²) in [6.45, 7) is 0.453. The number of thiocarbonyl (C=S) groups is 1. The summed E-state index contributed by atoms with van der Waals surface area (Å²) in [6.07, 6.45) is 1.61. The van der Waals surface area contributed by atoms with Crippen LogP contribution in [0.25, 0.3) is 10.8 Å². The topological polar surface area (TPSA) is 68.9 Å². The average Bonchev–Trinajstić information content (AvgIpc) is 2.66. The molecule has 132 valence electrons. The molecule has 3 N–H and O–H groups in total. The van der Waals surface area contributed by atoms with E-state index < -0.39 is 0 Å². The van der Waals surface area contributed by atoms with E-state index in [4.69, 9.17) is 27.4 Å². The minimum atomic E-state index is 0.114. The van der Waals surface area contributed by atoms with Gasteiger partial charge in [0.05, 0.1) is 13.3 Å². The summed E-state index contributed by atoms with van der Waals surface area (Å²) in [4.78, 5) is 0. The van der Waals surface area contributed by atoms with Gasteiger partial charge in [-0.15, -0.1) is 0 Å². The second-order valence-electron chi connectivity index (χ2n) is 5.57. The number of nitrogens with two attached hydrogens (primary N) is 1. The largest absolute Gasteiger partial charge is 0.493 e. The van der Waals surface area contributed by atoms with Crippen LogP contribution in [0.4, 0.5) is 0 Å². The number of benzene rings is 3. The fraction of sp³-hybridized carbons (Fsp3) is 0.100. The third kappa shape index (κ3) is 4.29. The van der Waals surface area contributed by atoms with Crippen LogP contribution in [0.1, 0.15) is 11.1 Å². The molecule has 6 heteroatoms. The van der Waals surface area contributed by atoms with Crippen LogP contribution >= 0.6 is 12.2 Å². The Bertz CT molecular complexity index is 951. The fourth-order valence-corrected chi connectivity index (χ4v) is 2.68. The lowest BCUT2D eigenvalue weighted by Gasteiger charge is -2.12. The van der Waals surface area contributed by atoms with Crippen molar-refractivity contribution in [1.82, 2.24) is 5.43 Å². The second-order valence-corrected chi connectivity index (χ2v) is 6.01. The van der Waals surface area contributed by atoms with E-state index in [2.05, 4.69) is 34.8 Å². The molecule has 3 aromatic carbocycles. The van der Waals surface area contributed by atoms with Gasteiger partial charge in [0.15, 0.2) is 16.6 Å². The first kappa shape index (κ1) is 17.7. The number of hydrogen-bond acceptors (Lipinski definition) is 4. The molecule has 0 saturated heterocycles. The summed E-state index contributed by atoms with van der Waals surface area (Å²) in [5, 5.41) is 6.42. The lowest BCUT2D eigenvalue weighted by molar-refractivity contribution is 0.285. The minimum absolute atomic E-state index is 0.114. The summed E-state index contributed by atoms with van der Waals surface area (Å²) < 4.78 is 11.4. The molecule has 0 aliphatic carbocycles. The molecule has 3 rings (SSSR count). The standard InChI is InChI=1S/C20H19N3O2S/c1-24-19-11-14(12-22-23-20(21)26)9-10-18(19)25-13-16-7-4-6-15-5-2-3-8-17(15)16/h2-12H,13H2,1H3,(H3,21,23,26)/b22-12+. The van der Waals surface area contributed by atoms with Crippen molar-refractivity contribution in [3.63, 3.8) is 0 Å². The normalized spacial score (nSPS) is 10.8. The Kier molecular flexibility index (Phi) is 5.66. The van der Waals surface area contributed by atoms with Gasteiger partial charge in [0.2, 0.25) is 0 Å². The van der Waals surface area contributed by atoms with Crippen molar-refractivity contribution in [2.45, 2.75) is 6.61 Å². The van der Waals surface area contributed by atoms with E-state index >= 15 is 0 Å². The molecule has 0 unspecified atom stereocenters. The molecule has 0 saturated carbocycles. The van der Waals surface area contributed by atoms with Crippen molar-refractivity contribution >= 4 is 34.3 Å². The Labute approximate surface area is 157 Å². The summed E-state index contributed by atoms with van der Waals surface area (Å²) >= 11 is 4.70. The smallest absolute Gasteiger partial charge is 0.184 e. The maximum atomic E-state index is 5.99. The molecule has 0 aliphatic rings. The zero-order chi connectivity index (χ0) is 18.4. The number of hydrogen-bond donors (Lipinski definition) is 2. The molecule has 0 aromatic heterocycles. The quantitative estimate of drug-likeness (QED) is 0.397. The van der Waals surface area contributed by atoms with E-state index in [-0.39, 0.29) is 5.11 Å².